The molecule has 1 aromatic carbocycles. The van der Waals surface area contributed by atoms with Gasteiger partial charge in [-0.3, -0.25) is 0 Å². The minimum Gasteiger partial charge on any atom is -0.457 e. The molecule has 0 aliphatic rings. The molecule has 0 aliphatic carbocycles. The first-order chi connectivity index (χ1) is 7.79. The lowest BCUT2D eigenvalue weighted by molar-refractivity contribution is -0.166. The van der Waals surface area contributed by atoms with Gasteiger partial charge in [0.15, 0.2) is 0 Å². The number of carbonyl (C=O) groups is 1. The van der Waals surface area contributed by atoms with Crippen LogP contribution in [0.4, 0.5) is 4.39 Å². The summed E-state index contributed by atoms with van der Waals surface area (Å²) in [7, 11) is 0. The van der Waals surface area contributed by atoms with Gasteiger partial charge in [0.05, 0.1) is 0 Å². The molecule has 4 heteroatoms. The van der Waals surface area contributed by atoms with Gasteiger partial charge in [0.25, 0.3) is 0 Å². The van der Waals surface area contributed by atoms with E-state index in [4.69, 9.17) is 10.00 Å². The number of rotatable bonds is 2. The maximum absolute atomic E-state index is 14.3. The van der Waals surface area contributed by atoms with Crippen LogP contribution in [0.2, 0.25) is 0 Å². The van der Waals surface area contributed by atoms with Crippen LogP contribution in [0.1, 0.15) is 26.3 Å². The van der Waals surface area contributed by atoms with Crippen LogP contribution in [0.3, 0.4) is 0 Å². The van der Waals surface area contributed by atoms with Crippen LogP contribution in [0.15, 0.2) is 30.3 Å². The molecule has 1 atom stereocenters. The summed E-state index contributed by atoms with van der Waals surface area (Å²) in [5, 5.41) is 8.88. The molecule has 0 aromatic heterocycles. The largest absolute Gasteiger partial charge is 0.457 e. The molecule has 0 heterocycles. The predicted molar refractivity (Wildman–Crippen MR) is 60.7 cm³/mol. The van der Waals surface area contributed by atoms with E-state index >= 15 is 0 Å². The molecule has 90 valence electrons. The van der Waals surface area contributed by atoms with Crippen molar-refractivity contribution in [2.24, 2.45) is 0 Å². The van der Waals surface area contributed by atoms with Crippen LogP contribution < -0.4 is 0 Å². The van der Waals surface area contributed by atoms with E-state index < -0.39 is 17.2 Å². The SMILES string of the molecule is CC(C)(C)OC(=O)C(F)(C#N)c1ccccc1. The first-order valence-corrected chi connectivity index (χ1v) is 5.19. The Morgan fingerprint density at radius 3 is 2.24 bits per heavy atom. The molecule has 0 N–H and O–H groups in total. The normalized spacial score (nSPS) is 14.5. The third-order valence-electron chi connectivity index (χ3n) is 2.01. The zero-order valence-corrected chi connectivity index (χ0v) is 10.0. The summed E-state index contributed by atoms with van der Waals surface area (Å²) in [5.74, 6) is -1.18. The van der Waals surface area contributed by atoms with Crippen molar-refractivity contribution in [2.75, 3.05) is 0 Å². The van der Waals surface area contributed by atoms with Gasteiger partial charge in [0.2, 0.25) is 0 Å². The van der Waals surface area contributed by atoms with Crippen molar-refractivity contribution in [2.45, 2.75) is 32.0 Å². The second-order valence-corrected chi connectivity index (χ2v) is 4.64. The Morgan fingerprint density at radius 1 is 1.29 bits per heavy atom. The van der Waals surface area contributed by atoms with E-state index in [9.17, 15) is 9.18 Å². The summed E-state index contributed by atoms with van der Waals surface area (Å²) in [4.78, 5) is 11.7. The highest BCUT2D eigenvalue weighted by molar-refractivity contribution is 5.85. The van der Waals surface area contributed by atoms with E-state index in [1.165, 1.54) is 18.2 Å². The first kappa shape index (κ1) is 13.2. The molecule has 0 amide bonds. The highest BCUT2D eigenvalue weighted by Crippen LogP contribution is 2.28. The van der Waals surface area contributed by atoms with Gasteiger partial charge in [0.1, 0.15) is 11.7 Å². The van der Waals surface area contributed by atoms with Crippen molar-refractivity contribution in [3.05, 3.63) is 35.9 Å². The number of ether oxygens (including phenoxy) is 1. The van der Waals surface area contributed by atoms with E-state index in [-0.39, 0.29) is 5.56 Å². The van der Waals surface area contributed by atoms with Gasteiger partial charge in [-0.1, -0.05) is 30.3 Å². The zero-order chi connectivity index (χ0) is 13.1. The number of benzene rings is 1. The Bertz CT molecular complexity index is 445. The molecule has 1 aromatic rings. The second-order valence-electron chi connectivity index (χ2n) is 4.64. The Labute approximate surface area is 99.8 Å². The number of carbonyl (C=O) groups excluding carboxylic acids is 1. The highest BCUT2D eigenvalue weighted by Gasteiger charge is 2.44. The van der Waals surface area contributed by atoms with E-state index in [1.54, 1.807) is 39.0 Å². The quantitative estimate of drug-likeness (QED) is 0.740. The molecule has 1 unspecified atom stereocenters. The number of alkyl halides is 1. The zero-order valence-electron chi connectivity index (χ0n) is 10.0. The lowest BCUT2D eigenvalue weighted by Gasteiger charge is -2.24. The summed E-state index contributed by atoms with van der Waals surface area (Å²) >= 11 is 0. The van der Waals surface area contributed by atoms with E-state index in [1.807, 2.05) is 0 Å². The smallest absolute Gasteiger partial charge is 0.364 e. The van der Waals surface area contributed by atoms with E-state index in [2.05, 4.69) is 0 Å². The molecule has 0 spiro atoms. The average Bonchev–Trinajstić information content (AvgIpc) is 2.27. The fraction of sp³-hybridized carbons (Fsp3) is 0.385. The number of esters is 1. The van der Waals surface area contributed by atoms with Gasteiger partial charge in [-0.25, -0.2) is 9.18 Å². The molecule has 0 saturated heterocycles. The molecule has 0 fully saturated rings. The van der Waals surface area contributed by atoms with Crippen molar-refractivity contribution >= 4 is 5.97 Å². The van der Waals surface area contributed by atoms with Gasteiger partial charge in [-0.05, 0) is 20.8 Å². The molecular weight excluding hydrogens is 221 g/mol. The summed E-state index contributed by atoms with van der Waals surface area (Å²) in [6.07, 6.45) is 0. The lowest BCUT2D eigenvalue weighted by Crippen LogP contribution is -2.37. The van der Waals surface area contributed by atoms with Crippen molar-refractivity contribution in [3.8, 4) is 6.07 Å². The minimum atomic E-state index is -2.76. The van der Waals surface area contributed by atoms with Gasteiger partial charge in [-0.2, -0.15) is 5.26 Å². The highest BCUT2D eigenvalue weighted by atomic mass is 19.1. The van der Waals surface area contributed by atoms with Crippen LogP contribution in [0, 0.1) is 11.3 Å². The number of nitriles is 1. The van der Waals surface area contributed by atoms with Crippen LogP contribution in [-0.2, 0) is 15.2 Å². The van der Waals surface area contributed by atoms with Crippen molar-refractivity contribution in [1.29, 1.82) is 5.26 Å². The number of halogens is 1. The Balaban J connectivity index is 3.07. The lowest BCUT2D eigenvalue weighted by atomic mass is 9.97. The Hall–Kier alpha value is -1.89. The number of hydrogen-bond donors (Lipinski definition) is 0. The van der Waals surface area contributed by atoms with Crippen molar-refractivity contribution < 1.29 is 13.9 Å². The monoisotopic (exact) mass is 235 g/mol. The standard InChI is InChI=1S/C13H14FNO2/c1-12(2,3)17-11(16)13(14,9-15)10-7-5-4-6-8-10/h4-8H,1-3H3. The maximum Gasteiger partial charge on any atom is 0.364 e. The Morgan fingerprint density at radius 2 is 1.82 bits per heavy atom. The summed E-state index contributed by atoms with van der Waals surface area (Å²) < 4.78 is 19.3. The fourth-order valence-corrected chi connectivity index (χ4v) is 1.24. The van der Waals surface area contributed by atoms with Gasteiger partial charge in [0, 0.05) is 5.56 Å². The molecule has 1 rings (SSSR count). The van der Waals surface area contributed by atoms with Crippen LogP contribution >= 0.6 is 0 Å². The van der Waals surface area contributed by atoms with Crippen molar-refractivity contribution in [1.82, 2.24) is 0 Å². The van der Waals surface area contributed by atoms with Gasteiger partial charge in [-0.15, -0.1) is 0 Å². The van der Waals surface area contributed by atoms with Crippen LogP contribution in [0.5, 0.6) is 0 Å². The molecular formula is C13H14FNO2. The molecule has 3 nitrogen and oxygen atoms in total. The third kappa shape index (κ3) is 3.04. The fourth-order valence-electron chi connectivity index (χ4n) is 1.24. The third-order valence-corrected chi connectivity index (χ3v) is 2.01. The van der Waals surface area contributed by atoms with Gasteiger partial charge < -0.3 is 4.74 Å². The number of hydrogen-bond acceptors (Lipinski definition) is 3. The van der Waals surface area contributed by atoms with E-state index in [0.29, 0.717) is 0 Å². The summed E-state index contributed by atoms with van der Waals surface area (Å²) in [6, 6.07) is 8.94. The molecule has 0 bridgehead atoms. The second kappa shape index (κ2) is 4.54. The van der Waals surface area contributed by atoms with Crippen LogP contribution in [0.25, 0.3) is 0 Å². The maximum atomic E-state index is 14.3. The Kier molecular flexibility index (Phi) is 3.52. The molecule has 0 radical (unpaired) electrons. The topological polar surface area (TPSA) is 50.1 Å². The van der Waals surface area contributed by atoms with E-state index in [0.717, 1.165) is 0 Å². The average molecular weight is 235 g/mol. The molecule has 17 heavy (non-hydrogen) atoms. The van der Waals surface area contributed by atoms with Gasteiger partial charge >= 0.3 is 11.6 Å². The molecule has 0 aliphatic heterocycles. The minimum absolute atomic E-state index is 0.0169. The van der Waals surface area contributed by atoms with Crippen LogP contribution in [-0.4, -0.2) is 11.6 Å². The van der Waals surface area contributed by atoms with Crippen molar-refractivity contribution in [3.63, 3.8) is 0 Å². The summed E-state index contributed by atoms with van der Waals surface area (Å²) in [5.41, 5.74) is -3.61. The predicted octanol–water partition coefficient (Wildman–Crippen LogP) is 2.72. The number of nitrogens with zero attached hydrogens (tertiary/aromatic N) is 1. The summed E-state index contributed by atoms with van der Waals surface area (Å²) in [6.45, 7) is 4.86. The first-order valence-electron chi connectivity index (χ1n) is 5.19. The molecule has 0 saturated carbocycles.